The van der Waals surface area contributed by atoms with Crippen molar-refractivity contribution in [3.63, 3.8) is 0 Å². The Hall–Kier alpha value is -2.19. The molecule has 8 heteroatoms. The monoisotopic (exact) mass is 366 g/mol. The lowest BCUT2D eigenvalue weighted by Crippen LogP contribution is -2.36. The van der Waals surface area contributed by atoms with Gasteiger partial charge in [0.25, 0.3) is 0 Å². The molecule has 1 aromatic carbocycles. The first-order chi connectivity index (χ1) is 11.8. The van der Waals surface area contributed by atoms with Crippen molar-refractivity contribution in [1.82, 2.24) is 4.72 Å². The van der Waals surface area contributed by atoms with Crippen LogP contribution < -0.4 is 10.0 Å². The van der Waals surface area contributed by atoms with Gasteiger partial charge in [0, 0.05) is 12.2 Å². The van der Waals surface area contributed by atoms with Crippen LogP contribution in [0.15, 0.2) is 41.8 Å². The largest absolute Gasteiger partial charge is 0.481 e. The van der Waals surface area contributed by atoms with Crippen molar-refractivity contribution >= 4 is 27.6 Å². The Balaban J connectivity index is 2.06. The molecular weight excluding hydrogens is 344 g/mol. The van der Waals surface area contributed by atoms with Crippen molar-refractivity contribution < 1.29 is 23.1 Å². The number of rotatable bonds is 7. The molecule has 136 valence electrons. The molecule has 0 spiro atoms. The highest BCUT2D eigenvalue weighted by Gasteiger charge is 2.35. The molecule has 0 aromatic heterocycles. The van der Waals surface area contributed by atoms with E-state index in [-0.39, 0.29) is 17.3 Å². The second-order valence-electron chi connectivity index (χ2n) is 5.99. The average Bonchev–Trinajstić information content (AvgIpc) is 2.60. The van der Waals surface area contributed by atoms with E-state index in [1.54, 1.807) is 0 Å². The van der Waals surface area contributed by atoms with Gasteiger partial charge in [-0.2, -0.15) is 0 Å². The van der Waals surface area contributed by atoms with Gasteiger partial charge >= 0.3 is 5.97 Å². The van der Waals surface area contributed by atoms with Crippen LogP contribution in [0.4, 0.5) is 5.69 Å². The quantitative estimate of drug-likeness (QED) is 0.639. The third-order valence-corrected chi connectivity index (χ3v) is 5.71. The van der Waals surface area contributed by atoms with Gasteiger partial charge in [-0.05, 0) is 37.1 Å². The molecule has 1 aliphatic carbocycles. The molecule has 2 unspecified atom stereocenters. The number of anilines is 1. The maximum absolute atomic E-state index is 12.4. The summed E-state index contributed by atoms with van der Waals surface area (Å²) in [6, 6.07) is 5.74. The summed E-state index contributed by atoms with van der Waals surface area (Å²) < 4.78 is 26.3. The lowest BCUT2D eigenvalue weighted by atomic mass is 9.78. The zero-order valence-corrected chi connectivity index (χ0v) is 14.6. The van der Waals surface area contributed by atoms with E-state index in [1.807, 2.05) is 0 Å². The molecule has 25 heavy (non-hydrogen) atoms. The maximum atomic E-state index is 12.4. The minimum Gasteiger partial charge on any atom is -0.481 e. The predicted octanol–water partition coefficient (Wildman–Crippen LogP) is 1.98. The van der Waals surface area contributed by atoms with E-state index in [4.69, 9.17) is 0 Å². The Bertz CT molecular complexity index is 743. The minimum absolute atomic E-state index is 0.0772. The van der Waals surface area contributed by atoms with Crippen molar-refractivity contribution in [2.45, 2.75) is 30.6 Å². The van der Waals surface area contributed by atoms with Crippen LogP contribution in [-0.4, -0.2) is 31.9 Å². The Morgan fingerprint density at radius 3 is 2.32 bits per heavy atom. The first kappa shape index (κ1) is 19.1. The Morgan fingerprint density at radius 1 is 1.16 bits per heavy atom. The molecule has 3 N–H and O–H groups in total. The third kappa shape index (κ3) is 4.90. The second-order valence-corrected chi connectivity index (χ2v) is 7.76. The number of hydrogen-bond acceptors (Lipinski definition) is 4. The number of carbonyl (C=O) groups excluding carboxylic acids is 1. The molecule has 2 rings (SSSR count). The third-order valence-electron chi connectivity index (χ3n) is 4.27. The van der Waals surface area contributed by atoms with E-state index in [9.17, 15) is 23.1 Å². The molecule has 2 atom stereocenters. The van der Waals surface area contributed by atoms with E-state index in [0.717, 1.165) is 12.8 Å². The van der Waals surface area contributed by atoms with E-state index in [2.05, 4.69) is 16.6 Å². The van der Waals surface area contributed by atoms with Gasteiger partial charge in [0.2, 0.25) is 15.9 Å². The molecule has 0 bridgehead atoms. The summed E-state index contributed by atoms with van der Waals surface area (Å²) in [6.07, 6.45) is 4.12. The second kappa shape index (κ2) is 8.26. The van der Waals surface area contributed by atoms with Crippen molar-refractivity contribution in [1.29, 1.82) is 0 Å². The Morgan fingerprint density at radius 2 is 1.76 bits per heavy atom. The summed E-state index contributed by atoms with van der Waals surface area (Å²) in [5, 5.41) is 11.9. The fraction of sp³-hybridized carbons (Fsp3) is 0.412. The lowest BCUT2D eigenvalue weighted by molar-refractivity contribution is -0.147. The zero-order valence-electron chi connectivity index (χ0n) is 13.8. The van der Waals surface area contributed by atoms with Crippen LogP contribution >= 0.6 is 0 Å². The Labute approximate surface area is 147 Å². The molecule has 1 aromatic rings. The van der Waals surface area contributed by atoms with Gasteiger partial charge in [-0.25, -0.2) is 13.1 Å². The fourth-order valence-electron chi connectivity index (χ4n) is 2.94. The maximum Gasteiger partial charge on any atom is 0.307 e. The number of carboxylic acids is 1. The number of carboxylic acid groups (broad SMARTS) is 1. The normalized spacial score (nSPS) is 20.6. The first-order valence-electron chi connectivity index (χ1n) is 8.09. The molecule has 1 amide bonds. The summed E-state index contributed by atoms with van der Waals surface area (Å²) >= 11 is 0. The number of amides is 1. The van der Waals surface area contributed by atoms with Crippen molar-refractivity contribution in [3.8, 4) is 0 Å². The van der Waals surface area contributed by atoms with Crippen molar-refractivity contribution in [2.75, 3.05) is 11.9 Å². The van der Waals surface area contributed by atoms with Crippen LogP contribution in [0.5, 0.6) is 0 Å². The van der Waals surface area contributed by atoms with Crippen LogP contribution in [0.1, 0.15) is 25.7 Å². The molecule has 0 aliphatic heterocycles. The van der Waals surface area contributed by atoms with E-state index >= 15 is 0 Å². The standard InChI is InChI=1S/C17H22N2O5S/c1-2-11-18-25(23,24)13-9-7-12(8-10-13)19-16(20)14-5-3-4-6-15(14)17(21)22/h2,7-10,14-15,18H,1,3-6,11H2,(H,19,20)(H,21,22). The van der Waals surface area contributed by atoms with Crippen LogP contribution in [0.2, 0.25) is 0 Å². The van der Waals surface area contributed by atoms with Crippen LogP contribution in [0.3, 0.4) is 0 Å². The van der Waals surface area contributed by atoms with Gasteiger partial charge in [-0.1, -0.05) is 18.9 Å². The smallest absolute Gasteiger partial charge is 0.307 e. The number of benzene rings is 1. The first-order valence-corrected chi connectivity index (χ1v) is 9.58. The van der Waals surface area contributed by atoms with E-state index < -0.39 is 27.8 Å². The molecule has 0 radical (unpaired) electrons. The molecule has 0 heterocycles. The summed E-state index contributed by atoms with van der Waals surface area (Å²) in [4.78, 5) is 23.8. The van der Waals surface area contributed by atoms with Gasteiger partial charge in [0.1, 0.15) is 0 Å². The van der Waals surface area contributed by atoms with Crippen LogP contribution in [-0.2, 0) is 19.6 Å². The van der Waals surface area contributed by atoms with Crippen molar-refractivity contribution in [3.05, 3.63) is 36.9 Å². The highest BCUT2D eigenvalue weighted by atomic mass is 32.2. The number of aliphatic carboxylic acids is 1. The molecule has 1 aliphatic rings. The zero-order chi connectivity index (χ0) is 18.4. The average molecular weight is 366 g/mol. The summed E-state index contributed by atoms with van der Waals surface area (Å²) in [6.45, 7) is 3.57. The van der Waals surface area contributed by atoms with Gasteiger partial charge in [-0.15, -0.1) is 6.58 Å². The minimum atomic E-state index is -3.62. The highest BCUT2D eigenvalue weighted by molar-refractivity contribution is 7.89. The van der Waals surface area contributed by atoms with E-state index in [0.29, 0.717) is 18.5 Å². The molecular formula is C17H22N2O5S. The topological polar surface area (TPSA) is 113 Å². The molecule has 0 saturated heterocycles. The van der Waals surface area contributed by atoms with E-state index in [1.165, 1.54) is 30.3 Å². The van der Waals surface area contributed by atoms with Gasteiger partial charge in [0.05, 0.1) is 16.7 Å². The number of carbonyl (C=O) groups is 2. The van der Waals surface area contributed by atoms with Gasteiger partial charge in [-0.3, -0.25) is 9.59 Å². The predicted molar refractivity (Wildman–Crippen MR) is 93.5 cm³/mol. The highest BCUT2D eigenvalue weighted by Crippen LogP contribution is 2.31. The molecule has 7 nitrogen and oxygen atoms in total. The number of hydrogen-bond donors (Lipinski definition) is 3. The SMILES string of the molecule is C=CCNS(=O)(=O)c1ccc(NC(=O)C2CCCCC2C(=O)O)cc1. The Kier molecular flexibility index (Phi) is 6.33. The number of nitrogens with one attached hydrogen (secondary N) is 2. The van der Waals surface area contributed by atoms with Gasteiger partial charge < -0.3 is 10.4 Å². The van der Waals surface area contributed by atoms with Crippen molar-refractivity contribution in [2.24, 2.45) is 11.8 Å². The van der Waals surface area contributed by atoms with Gasteiger partial charge in [0.15, 0.2) is 0 Å². The summed E-state index contributed by atoms with van der Waals surface area (Å²) in [7, 11) is -3.62. The van der Waals surface area contributed by atoms with Crippen LogP contribution in [0, 0.1) is 11.8 Å². The number of sulfonamides is 1. The summed E-state index contributed by atoms with van der Waals surface area (Å²) in [5.74, 6) is -2.53. The molecule has 1 fully saturated rings. The lowest BCUT2D eigenvalue weighted by Gasteiger charge is -2.27. The molecule has 1 saturated carbocycles. The van der Waals surface area contributed by atoms with Crippen LogP contribution in [0.25, 0.3) is 0 Å². The summed E-state index contributed by atoms with van der Waals surface area (Å²) in [5.41, 5.74) is 0.433. The fourth-order valence-corrected chi connectivity index (χ4v) is 3.94.